The van der Waals surface area contributed by atoms with Gasteiger partial charge in [-0.15, -0.1) is 0 Å². The van der Waals surface area contributed by atoms with Crippen LogP contribution >= 0.6 is 0 Å². The molecule has 1 aromatic rings. The first-order valence-electron chi connectivity index (χ1n) is 6.69. The SMILES string of the molecule is CC(C)CC(CN)(CO)Cc1cccc(C(F)(F)F)c1. The zero-order valence-electron chi connectivity index (χ0n) is 11.9. The first kappa shape index (κ1) is 17.0. The summed E-state index contributed by atoms with van der Waals surface area (Å²) in [6.45, 7) is 4.13. The van der Waals surface area contributed by atoms with E-state index in [2.05, 4.69) is 0 Å². The highest BCUT2D eigenvalue weighted by atomic mass is 19.4. The summed E-state index contributed by atoms with van der Waals surface area (Å²) in [6.07, 6.45) is -3.32. The zero-order valence-corrected chi connectivity index (χ0v) is 11.9. The van der Waals surface area contributed by atoms with Crippen LogP contribution in [-0.4, -0.2) is 18.3 Å². The molecule has 0 bridgehead atoms. The van der Waals surface area contributed by atoms with E-state index >= 15 is 0 Å². The van der Waals surface area contributed by atoms with Crippen molar-refractivity contribution >= 4 is 0 Å². The Kier molecular flexibility index (Phi) is 5.59. The molecule has 1 atom stereocenters. The lowest BCUT2D eigenvalue weighted by Crippen LogP contribution is -2.37. The van der Waals surface area contributed by atoms with Crippen LogP contribution in [0.3, 0.4) is 0 Å². The molecule has 0 aliphatic carbocycles. The second-order valence-electron chi connectivity index (χ2n) is 5.84. The fourth-order valence-corrected chi connectivity index (χ4v) is 2.57. The highest BCUT2D eigenvalue weighted by Gasteiger charge is 2.32. The van der Waals surface area contributed by atoms with Crippen molar-refractivity contribution in [1.82, 2.24) is 0 Å². The van der Waals surface area contributed by atoms with E-state index in [4.69, 9.17) is 5.73 Å². The minimum absolute atomic E-state index is 0.127. The van der Waals surface area contributed by atoms with Gasteiger partial charge in [0.2, 0.25) is 0 Å². The van der Waals surface area contributed by atoms with Crippen LogP contribution in [0, 0.1) is 11.3 Å². The maximum absolute atomic E-state index is 12.7. The minimum atomic E-state index is -4.35. The summed E-state index contributed by atoms with van der Waals surface area (Å²) < 4.78 is 38.1. The Morgan fingerprint density at radius 2 is 1.90 bits per heavy atom. The Balaban J connectivity index is 3.00. The lowest BCUT2D eigenvalue weighted by molar-refractivity contribution is -0.137. The van der Waals surface area contributed by atoms with Crippen molar-refractivity contribution in [2.75, 3.05) is 13.2 Å². The van der Waals surface area contributed by atoms with Gasteiger partial charge < -0.3 is 10.8 Å². The summed E-state index contributed by atoms with van der Waals surface area (Å²) in [4.78, 5) is 0. The van der Waals surface area contributed by atoms with E-state index in [0.717, 1.165) is 12.1 Å². The van der Waals surface area contributed by atoms with E-state index in [1.54, 1.807) is 6.07 Å². The number of aliphatic hydroxyl groups excluding tert-OH is 1. The van der Waals surface area contributed by atoms with Gasteiger partial charge in [-0.05, 0) is 30.4 Å². The summed E-state index contributed by atoms with van der Waals surface area (Å²) in [5.41, 5.74) is 5.09. The number of hydrogen-bond donors (Lipinski definition) is 2. The number of alkyl halides is 3. The van der Waals surface area contributed by atoms with E-state index in [1.807, 2.05) is 13.8 Å². The molecular formula is C15H22F3NO. The van der Waals surface area contributed by atoms with Gasteiger partial charge in [-0.2, -0.15) is 13.2 Å². The quantitative estimate of drug-likeness (QED) is 0.844. The fraction of sp³-hybridized carbons (Fsp3) is 0.600. The summed E-state index contributed by atoms with van der Waals surface area (Å²) in [7, 11) is 0. The Labute approximate surface area is 117 Å². The molecular weight excluding hydrogens is 267 g/mol. The van der Waals surface area contributed by atoms with Crippen LogP contribution in [0.15, 0.2) is 24.3 Å². The van der Waals surface area contributed by atoms with Crippen molar-refractivity contribution in [3.8, 4) is 0 Å². The number of halogens is 3. The van der Waals surface area contributed by atoms with Crippen LogP contribution in [0.4, 0.5) is 13.2 Å². The number of aliphatic hydroxyl groups is 1. The maximum atomic E-state index is 12.7. The van der Waals surface area contributed by atoms with Gasteiger partial charge in [-0.1, -0.05) is 32.0 Å². The van der Waals surface area contributed by atoms with Crippen molar-refractivity contribution in [3.05, 3.63) is 35.4 Å². The lowest BCUT2D eigenvalue weighted by Gasteiger charge is -2.32. The monoisotopic (exact) mass is 289 g/mol. The summed E-state index contributed by atoms with van der Waals surface area (Å²) in [5, 5.41) is 9.61. The fourth-order valence-electron chi connectivity index (χ4n) is 2.57. The lowest BCUT2D eigenvalue weighted by atomic mass is 9.76. The van der Waals surface area contributed by atoms with Crippen molar-refractivity contribution in [1.29, 1.82) is 0 Å². The first-order valence-corrected chi connectivity index (χ1v) is 6.69. The molecule has 0 spiro atoms. The molecule has 0 aliphatic rings. The highest BCUT2D eigenvalue weighted by molar-refractivity contribution is 5.26. The highest BCUT2D eigenvalue weighted by Crippen LogP contribution is 2.33. The van der Waals surface area contributed by atoms with Gasteiger partial charge >= 0.3 is 6.18 Å². The number of nitrogens with two attached hydrogens (primary N) is 1. The molecule has 0 aromatic heterocycles. The van der Waals surface area contributed by atoms with Crippen LogP contribution in [0.2, 0.25) is 0 Å². The molecule has 1 aromatic carbocycles. The van der Waals surface area contributed by atoms with Gasteiger partial charge in [0.05, 0.1) is 12.2 Å². The Bertz CT molecular complexity index is 425. The molecule has 2 nitrogen and oxygen atoms in total. The van der Waals surface area contributed by atoms with Crippen molar-refractivity contribution in [2.45, 2.75) is 32.9 Å². The van der Waals surface area contributed by atoms with Gasteiger partial charge in [0.25, 0.3) is 0 Å². The van der Waals surface area contributed by atoms with Gasteiger partial charge in [0.1, 0.15) is 0 Å². The third-order valence-corrected chi connectivity index (χ3v) is 3.44. The minimum Gasteiger partial charge on any atom is -0.396 e. The van der Waals surface area contributed by atoms with Crippen molar-refractivity contribution in [2.24, 2.45) is 17.1 Å². The normalized spacial score (nSPS) is 15.4. The Morgan fingerprint density at radius 3 is 2.35 bits per heavy atom. The standard InChI is InChI=1S/C15H22F3NO/c1-11(2)7-14(9-19,10-20)8-12-4-3-5-13(6-12)15(16,17)18/h3-6,11,20H,7-10,19H2,1-2H3. The smallest absolute Gasteiger partial charge is 0.396 e. The molecule has 1 rings (SSSR count). The topological polar surface area (TPSA) is 46.2 Å². The van der Waals surface area contributed by atoms with Crippen LogP contribution < -0.4 is 5.73 Å². The summed E-state index contributed by atoms with van der Waals surface area (Å²) >= 11 is 0. The van der Waals surface area contributed by atoms with Gasteiger partial charge in [-0.25, -0.2) is 0 Å². The zero-order chi connectivity index (χ0) is 15.4. The van der Waals surface area contributed by atoms with E-state index in [1.165, 1.54) is 6.07 Å². The molecule has 0 saturated heterocycles. The first-order chi connectivity index (χ1) is 9.22. The average molecular weight is 289 g/mol. The largest absolute Gasteiger partial charge is 0.416 e. The van der Waals surface area contributed by atoms with Gasteiger partial charge in [-0.3, -0.25) is 0 Å². The van der Waals surface area contributed by atoms with Gasteiger partial charge in [0.15, 0.2) is 0 Å². The third kappa shape index (κ3) is 4.49. The van der Waals surface area contributed by atoms with E-state index in [0.29, 0.717) is 24.3 Å². The molecule has 0 saturated carbocycles. The van der Waals surface area contributed by atoms with Crippen LogP contribution in [0.5, 0.6) is 0 Å². The van der Waals surface area contributed by atoms with E-state index in [-0.39, 0.29) is 13.2 Å². The third-order valence-electron chi connectivity index (χ3n) is 3.44. The van der Waals surface area contributed by atoms with Crippen molar-refractivity contribution in [3.63, 3.8) is 0 Å². The Hall–Kier alpha value is -1.07. The molecule has 20 heavy (non-hydrogen) atoms. The molecule has 114 valence electrons. The van der Waals surface area contributed by atoms with E-state index in [9.17, 15) is 18.3 Å². The van der Waals surface area contributed by atoms with Gasteiger partial charge in [0, 0.05) is 12.0 Å². The predicted molar refractivity (Wildman–Crippen MR) is 73.2 cm³/mol. The molecule has 1 unspecified atom stereocenters. The molecule has 0 fully saturated rings. The van der Waals surface area contributed by atoms with Crippen LogP contribution in [0.1, 0.15) is 31.4 Å². The number of hydrogen-bond acceptors (Lipinski definition) is 2. The van der Waals surface area contributed by atoms with Crippen LogP contribution in [0.25, 0.3) is 0 Å². The molecule has 0 radical (unpaired) electrons. The summed E-state index contributed by atoms with van der Waals surface area (Å²) in [5.74, 6) is 0.316. The maximum Gasteiger partial charge on any atom is 0.416 e. The molecule has 5 heteroatoms. The number of benzene rings is 1. The predicted octanol–water partition coefficient (Wildman–Crippen LogP) is 3.23. The summed E-state index contributed by atoms with van der Waals surface area (Å²) in [6, 6.07) is 5.23. The molecule has 0 amide bonds. The molecule has 0 aliphatic heterocycles. The Morgan fingerprint density at radius 1 is 1.25 bits per heavy atom. The molecule has 0 heterocycles. The second-order valence-corrected chi connectivity index (χ2v) is 5.84. The molecule has 3 N–H and O–H groups in total. The van der Waals surface area contributed by atoms with Crippen molar-refractivity contribution < 1.29 is 18.3 Å². The number of rotatable bonds is 6. The van der Waals surface area contributed by atoms with Crippen LogP contribution in [-0.2, 0) is 12.6 Å². The average Bonchev–Trinajstić information content (AvgIpc) is 2.36. The van der Waals surface area contributed by atoms with E-state index < -0.39 is 17.2 Å². The second kappa shape index (κ2) is 6.59.